The van der Waals surface area contributed by atoms with Crippen molar-refractivity contribution in [2.75, 3.05) is 7.11 Å². The Kier molecular flexibility index (Phi) is 5.63. The highest BCUT2D eigenvalue weighted by atomic mass is 19.1. The highest BCUT2D eigenvalue weighted by molar-refractivity contribution is 5.96. The minimum absolute atomic E-state index is 0.104. The first-order valence-corrected chi connectivity index (χ1v) is 7.17. The van der Waals surface area contributed by atoms with Crippen molar-refractivity contribution in [1.82, 2.24) is 5.32 Å². The van der Waals surface area contributed by atoms with Crippen LogP contribution in [0.5, 0.6) is 0 Å². The van der Waals surface area contributed by atoms with Gasteiger partial charge in [0.05, 0.1) is 18.7 Å². The summed E-state index contributed by atoms with van der Waals surface area (Å²) in [5, 5.41) is 11.3. The minimum Gasteiger partial charge on any atom is -0.467 e. The molecule has 0 heterocycles. The number of nitrogens with one attached hydrogen (secondary N) is 1. The van der Waals surface area contributed by atoms with Gasteiger partial charge < -0.3 is 10.1 Å². The van der Waals surface area contributed by atoms with Crippen LogP contribution in [0.25, 0.3) is 0 Å². The summed E-state index contributed by atoms with van der Waals surface area (Å²) in [5.41, 5.74) is 1.29. The number of methoxy groups -OCH3 is 1. The van der Waals surface area contributed by atoms with Crippen LogP contribution in [0.4, 0.5) is 4.39 Å². The fraction of sp³-hybridized carbons (Fsp3) is 0.167. The molecule has 24 heavy (non-hydrogen) atoms. The van der Waals surface area contributed by atoms with Gasteiger partial charge in [0.1, 0.15) is 11.9 Å². The summed E-state index contributed by atoms with van der Waals surface area (Å²) < 4.78 is 18.0. The van der Waals surface area contributed by atoms with E-state index >= 15 is 0 Å². The van der Waals surface area contributed by atoms with E-state index < -0.39 is 23.7 Å². The maximum Gasteiger partial charge on any atom is 0.328 e. The summed E-state index contributed by atoms with van der Waals surface area (Å²) in [7, 11) is 1.22. The number of halogens is 1. The third-order valence-corrected chi connectivity index (χ3v) is 3.40. The van der Waals surface area contributed by atoms with Crippen LogP contribution < -0.4 is 5.32 Å². The maximum absolute atomic E-state index is 13.3. The van der Waals surface area contributed by atoms with Gasteiger partial charge in [-0.15, -0.1) is 0 Å². The fourth-order valence-electron chi connectivity index (χ4n) is 2.17. The van der Waals surface area contributed by atoms with Crippen molar-refractivity contribution in [1.29, 1.82) is 5.26 Å². The number of nitriles is 1. The predicted molar refractivity (Wildman–Crippen MR) is 84.5 cm³/mol. The lowest BCUT2D eigenvalue weighted by Crippen LogP contribution is -2.43. The Labute approximate surface area is 138 Å². The number of amides is 1. The fourth-order valence-corrected chi connectivity index (χ4v) is 2.17. The molecule has 1 atom stereocenters. The third kappa shape index (κ3) is 4.40. The van der Waals surface area contributed by atoms with Crippen LogP contribution in [0, 0.1) is 17.1 Å². The lowest BCUT2D eigenvalue weighted by Gasteiger charge is -2.16. The van der Waals surface area contributed by atoms with Gasteiger partial charge >= 0.3 is 5.97 Å². The monoisotopic (exact) mass is 326 g/mol. The molecule has 0 fully saturated rings. The summed E-state index contributed by atoms with van der Waals surface area (Å²) in [6, 6.07) is 12.8. The van der Waals surface area contributed by atoms with Crippen molar-refractivity contribution in [2.24, 2.45) is 0 Å². The zero-order valence-electron chi connectivity index (χ0n) is 13.0. The molecule has 122 valence electrons. The number of nitrogens with zero attached hydrogens (tertiary/aromatic N) is 1. The van der Waals surface area contributed by atoms with Gasteiger partial charge in [-0.05, 0) is 42.0 Å². The number of carbonyl (C=O) groups is 2. The predicted octanol–water partition coefficient (Wildman–Crippen LogP) is 2.21. The Balaban J connectivity index is 2.14. The molecule has 2 aromatic rings. The van der Waals surface area contributed by atoms with Gasteiger partial charge in [-0.1, -0.05) is 12.1 Å². The van der Waals surface area contributed by atoms with Crippen LogP contribution in [-0.2, 0) is 16.0 Å². The molecule has 2 rings (SSSR count). The first-order valence-electron chi connectivity index (χ1n) is 7.17. The molecular weight excluding hydrogens is 311 g/mol. The molecule has 0 unspecified atom stereocenters. The zero-order valence-corrected chi connectivity index (χ0v) is 13.0. The smallest absolute Gasteiger partial charge is 0.328 e. The number of carbonyl (C=O) groups excluding carboxylic acids is 2. The molecule has 6 heteroatoms. The largest absolute Gasteiger partial charge is 0.467 e. The van der Waals surface area contributed by atoms with Gasteiger partial charge in [0.15, 0.2) is 0 Å². The number of ether oxygens (including phenoxy) is 1. The van der Waals surface area contributed by atoms with Crippen LogP contribution in [0.2, 0.25) is 0 Å². The molecule has 0 aliphatic rings. The van der Waals surface area contributed by atoms with E-state index in [4.69, 9.17) is 10.00 Å². The Bertz CT molecular complexity index is 782. The molecule has 5 nitrogen and oxygen atoms in total. The van der Waals surface area contributed by atoms with E-state index in [1.54, 1.807) is 6.07 Å². The second-order valence-corrected chi connectivity index (χ2v) is 5.07. The summed E-state index contributed by atoms with van der Waals surface area (Å²) in [6.45, 7) is 0. The van der Waals surface area contributed by atoms with Crippen LogP contribution in [0.15, 0.2) is 48.5 Å². The van der Waals surface area contributed by atoms with Gasteiger partial charge in [-0.2, -0.15) is 5.26 Å². The van der Waals surface area contributed by atoms with Crippen molar-refractivity contribution in [3.63, 3.8) is 0 Å². The molecule has 0 saturated heterocycles. The molecule has 2 aromatic carbocycles. The number of benzene rings is 2. The molecule has 0 radical (unpaired) electrons. The van der Waals surface area contributed by atoms with Gasteiger partial charge in [-0.25, -0.2) is 9.18 Å². The quantitative estimate of drug-likeness (QED) is 0.855. The molecule has 0 spiro atoms. The summed E-state index contributed by atoms with van der Waals surface area (Å²) in [6.07, 6.45) is 0.104. The first-order chi connectivity index (χ1) is 11.5. The van der Waals surface area contributed by atoms with Crippen LogP contribution in [0.3, 0.4) is 0 Å². The maximum atomic E-state index is 13.3. The minimum atomic E-state index is -0.944. The van der Waals surface area contributed by atoms with Crippen molar-refractivity contribution in [3.8, 4) is 6.07 Å². The van der Waals surface area contributed by atoms with E-state index in [-0.39, 0.29) is 6.42 Å². The van der Waals surface area contributed by atoms with Crippen molar-refractivity contribution in [2.45, 2.75) is 12.5 Å². The van der Waals surface area contributed by atoms with E-state index in [1.165, 1.54) is 49.6 Å². The lowest BCUT2D eigenvalue weighted by atomic mass is 10.0. The van der Waals surface area contributed by atoms with E-state index in [0.29, 0.717) is 16.7 Å². The average Bonchev–Trinajstić information content (AvgIpc) is 2.60. The molecule has 1 N–H and O–H groups in total. The van der Waals surface area contributed by atoms with Gasteiger partial charge in [0.2, 0.25) is 0 Å². The molecule has 0 aromatic heterocycles. The van der Waals surface area contributed by atoms with E-state index in [1.807, 2.05) is 6.07 Å². The SMILES string of the molecule is COC(=O)[C@@H](Cc1cccc(F)c1)NC(=O)c1ccc(C#N)cc1. The Morgan fingerprint density at radius 3 is 2.54 bits per heavy atom. The van der Waals surface area contributed by atoms with Crippen LogP contribution >= 0.6 is 0 Å². The van der Waals surface area contributed by atoms with Gasteiger partial charge in [0.25, 0.3) is 5.91 Å². The summed E-state index contributed by atoms with van der Waals surface area (Å²) in [4.78, 5) is 24.2. The van der Waals surface area contributed by atoms with Gasteiger partial charge in [-0.3, -0.25) is 4.79 Å². The van der Waals surface area contributed by atoms with Crippen LogP contribution in [-0.4, -0.2) is 25.0 Å². The molecule has 0 aliphatic carbocycles. The van der Waals surface area contributed by atoms with E-state index in [9.17, 15) is 14.0 Å². The highest BCUT2D eigenvalue weighted by Gasteiger charge is 2.22. The number of esters is 1. The molecule has 1 amide bonds. The van der Waals surface area contributed by atoms with Crippen molar-refractivity contribution < 1.29 is 18.7 Å². The second-order valence-electron chi connectivity index (χ2n) is 5.07. The topological polar surface area (TPSA) is 79.2 Å². The standard InChI is InChI=1S/C18H15FN2O3/c1-24-18(23)16(10-13-3-2-4-15(19)9-13)21-17(22)14-7-5-12(11-20)6-8-14/h2-9,16H,10H2,1H3,(H,21,22)/t16-/m1/s1. The number of hydrogen-bond donors (Lipinski definition) is 1. The molecule has 0 bridgehead atoms. The van der Waals surface area contributed by atoms with Gasteiger partial charge in [0, 0.05) is 12.0 Å². The lowest BCUT2D eigenvalue weighted by molar-refractivity contribution is -0.142. The highest BCUT2D eigenvalue weighted by Crippen LogP contribution is 2.09. The zero-order chi connectivity index (χ0) is 17.5. The Morgan fingerprint density at radius 1 is 1.25 bits per heavy atom. The molecule has 0 aliphatic heterocycles. The number of hydrogen-bond acceptors (Lipinski definition) is 4. The summed E-state index contributed by atoms with van der Waals surface area (Å²) in [5.74, 6) is -1.53. The third-order valence-electron chi connectivity index (χ3n) is 3.40. The summed E-state index contributed by atoms with van der Waals surface area (Å²) >= 11 is 0. The normalized spacial score (nSPS) is 11.2. The second kappa shape index (κ2) is 7.88. The first kappa shape index (κ1) is 17.2. The Morgan fingerprint density at radius 2 is 1.96 bits per heavy atom. The van der Waals surface area contributed by atoms with E-state index in [0.717, 1.165) is 0 Å². The average molecular weight is 326 g/mol. The van der Waals surface area contributed by atoms with Crippen LogP contribution in [0.1, 0.15) is 21.5 Å². The number of rotatable bonds is 5. The van der Waals surface area contributed by atoms with Crippen molar-refractivity contribution >= 4 is 11.9 Å². The van der Waals surface area contributed by atoms with E-state index in [2.05, 4.69) is 5.32 Å². The molecular formula is C18H15FN2O3. The Hall–Kier alpha value is -3.20. The van der Waals surface area contributed by atoms with Crippen molar-refractivity contribution in [3.05, 3.63) is 71.0 Å². The molecule has 0 saturated carbocycles.